The van der Waals surface area contributed by atoms with E-state index < -0.39 is 10.0 Å². The van der Waals surface area contributed by atoms with Crippen LogP contribution in [0.25, 0.3) is 0 Å². The van der Waals surface area contributed by atoms with Crippen LogP contribution in [0.5, 0.6) is 0 Å². The van der Waals surface area contributed by atoms with E-state index in [0.29, 0.717) is 35.8 Å². The molecule has 3 rings (SSSR count). The standard InChI is InChI=1S/C18H26Cl2N2O3S/c1-13-11-18(17(20)12-16(13)19)26(23,24)22-9-3-14(4-10-22)21-7-5-15(25-2)6-8-21/h11-12,14-15H,3-10H2,1-2H3. The molecule has 0 aliphatic carbocycles. The molecule has 0 amide bonds. The van der Waals surface area contributed by atoms with Crippen molar-refractivity contribution in [1.29, 1.82) is 0 Å². The molecule has 0 bridgehead atoms. The lowest BCUT2D eigenvalue weighted by atomic mass is 10.00. The number of methoxy groups -OCH3 is 1. The van der Waals surface area contributed by atoms with Crippen LogP contribution in [0.15, 0.2) is 17.0 Å². The molecule has 5 nitrogen and oxygen atoms in total. The van der Waals surface area contributed by atoms with Gasteiger partial charge >= 0.3 is 0 Å². The summed E-state index contributed by atoms with van der Waals surface area (Å²) >= 11 is 12.2. The van der Waals surface area contributed by atoms with Crippen molar-refractivity contribution in [2.45, 2.75) is 49.6 Å². The molecule has 0 aromatic heterocycles. The summed E-state index contributed by atoms with van der Waals surface area (Å²) in [6.07, 6.45) is 4.16. The Hall–Kier alpha value is -0.370. The SMILES string of the molecule is COC1CCN(C2CCN(S(=O)(=O)c3cc(C)c(Cl)cc3Cl)CC2)CC1. The van der Waals surface area contributed by atoms with Gasteiger partial charge in [-0.05, 0) is 50.3 Å². The van der Waals surface area contributed by atoms with Crippen LogP contribution < -0.4 is 0 Å². The number of sulfonamides is 1. The highest BCUT2D eigenvalue weighted by atomic mass is 35.5. The number of hydrogen-bond donors (Lipinski definition) is 0. The first-order chi connectivity index (χ1) is 12.3. The number of hydrogen-bond acceptors (Lipinski definition) is 4. The van der Waals surface area contributed by atoms with Gasteiger partial charge < -0.3 is 9.64 Å². The Kier molecular flexibility index (Phi) is 6.53. The van der Waals surface area contributed by atoms with Gasteiger partial charge in [-0.1, -0.05) is 23.2 Å². The van der Waals surface area contributed by atoms with E-state index >= 15 is 0 Å². The summed E-state index contributed by atoms with van der Waals surface area (Å²) in [5.74, 6) is 0. The molecular formula is C18H26Cl2N2O3S. The molecule has 0 saturated carbocycles. The molecule has 26 heavy (non-hydrogen) atoms. The fraction of sp³-hybridized carbons (Fsp3) is 0.667. The van der Waals surface area contributed by atoms with Gasteiger partial charge in [-0.25, -0.2) is 8.42 Å². The van der Waals surface area contributed by atoms with Gasteiger partial charge in [-0.2, -0.15) is 4.31 Å². The Morgan fingerprint density at radius 2 is 1.62 bits per heavy atom. The summed E-state index contributed by atoms with van der Waals surface area (Å²) in [6.45, 7) is 4.88. The number of rotatable bonds is 4. The van der Waals surface area contributed by atoms with E-state index in [1.54, 1.807) is 24.4 Å². The van der Waals surface area contributed by atoms with Crippen molar-refractivity contribution in [2.75, 3.05) is 33.3 Å². The van der Waals surface area contributed by atoms with E-state index in [-0.39, 0.29) is 9.92 Å². The van der Waals surface area contributed by atoms with Gasteiger partial charge in [0.15, 0.2) is 0 Å². The maximum atomic E-state index is 13.0. The van der Waals surface area contributed by atoms with E-state index in [0.717, 1.165) is 38.8 Å². The Labute approximate surface area is 166 Å². The molecule has 1 aromatic rings. The fourth-order valence-electron chi connectivity index (χ4n) is 3.89. The maximum Gasteiger partial charge on any atom is 0.244 e. The Bertz CT molecular complexity index is 741. The average molecular weight is 421 g/mol. The minimum absolute atomic E-state index is 0.153. The van der Waals surface area contributed by atoms with Crippen LogP contribution in [0.1, 0.15) is 31.2 Å². The maximum absolute atomic E-state index is 13.0. The fourth-order valence-corrected chi connectivity index (χ4v) is 6.17. The van der Waals surface area contributed by atoms with Crippen molar-refractivity contribution in [1.82, 2.24) is 9.21 Å². The first kappa shape index (κ1) is 20.4. The Balaban J connectivity index is 1.65. The molecular weight excluding hydrogens is 395 g/mol. The van der Waals surface area contributed by atoms with E-state index in [9.17, 15) is 8.42 Å². The third-order valence-electron chi connectivity index (χ3n) is 5.58. The highest BCUT2D eigenvalue weighted by Gasteiger charge is 2.34. The van der Waals surface area contributed by atoms with Gasteiger partial charge in [0.2, 0.25) is 10.0 Å². The number of nitrogens with zero attached hydrogens (tertiary/aromatic N) is 2. The molecule has 2 heterocycles. The summed E-state index contributed by atoms with van der Waals surface area (Å²) in [5, 5.41) is 0.663. The van der Waals surface area contributed by atoms with Crippen LogP contribution in [0.3, 0.4) is 0 Å². The van der Waals surface area contributed by atoms with Crippen LogP contribution in [-0.2, 0) is 14.8 Å². The van der Waals surface area contributed by atoms with Crippen molar-refractivity contribution >= 4 is 33.2 Å². The molecule has 0 unspecified atom stereocenters. The molecule has 0 radical (unpaired) electrons. The largest absolute Gasteiger partial charge is 0.381 e. The van der Waals surface area contributed by atoms with Crippen molar-refractivity contribution in [2.24, 2.45) is 0 Å². The third-order valence-corrected chi connectivity index (χ3v) is 8.35. The molecule has 0 atom stereocenters. The number of likely N-dealkylation sites (tertiary alicyclic amines) is 1. The normalized spacial score (nSPS) is 22.0. The predicted octanol–water partition coefficient (Wildman–Crippen LogP) is 3.57. The molecule has 8 heteroatoms. The number of benzene rings is 1. The van der Waals surface area contributed by atoms with Crippen LogP contribution in [0, 0.1) is 6.92 Å². The first-order valence-corrected chi connectivity index (χ1v) is 11.2. The predicted molar refractivity (Wildman–Crippen MR) is 105 cm³/mol. The minimum atomic E-state index is -3.59. The lowest BCUT2D eigenvalue weighted by molar-refractivity contribution is 0.0190. The van der Waals surface area contributed by atoms with Gasteiger partial charge in [-0.3, -0.25) is 0 Å². The Morgan fingerprint density at radius 3 is 2.19 bits per heavy atom. The number of halogens is 2. The second-order valence-corrected chi connectivity index (χ2v) is 9.86. The monoisotopic (exact) mass is 420 g/mol. The van der Waals surface area contributed by atoms with Gasteiger partial charge in [0.1, 0.15) is 4.90 Å². The van der Waals surface area contributed by atoms with Gasteiger partial charge in [0.05, 0.1) is 11.1 Å². The van der Waals surface area contributed by atoms with Crippen molar-refractivity contribution in [3.05, 3.63) is 27.7 Å². The molecule has 1 aromatic carbocycles. The second-order valence-electron chi connectivity index (χ2n) is 7.14. The average Bonchev–Trinajstić information content (AvgIpc) is 2.65. The van der Waals surface area contributed by atoms with Crippen LogP contribution in [-0.4, -0.2) is 63.1 Å². The van der Waals surface area contributed by atoms with Crippen LogP contribution in [0.4, 0.5) is 0 Å². The van der Waals surface area contributed by atoms with E-state index in [4.69, 9.17) is 27.9 Å². The molecule has 2 aliphatic rings. The zero-order chi connectivity index (χ0) is 18.9. The van der Waals surface area contributed by atoms with E-state index in [1.165, 1.54) is 6.07 Å². The number of piperidine rings is 2. The van der Waals surface area contributed by atoms with Crippen LogP contribution >= 0.6 is 23.2 Å². The zero-order valence-electron chi connectivity index (χ0n) is 15.2. The first-order valence-electron chi connectivity index (χ1n) is 9.05. The Morgan fingerprint density at radius 1 is 1.00 bits per heavy atom. The van der Waals surface area contributed by atoms with Gasteiger partial charge in [0.25, 0.3) is 0 Å². The topological polar surface area (TPSA) is 49.9 Å². The van der Waals surface area contributed by atoms with E-state index in [1.807, 2.05) is 0 Å². The summed E-state index contributed by atoms with van der Waals surface area (Å²) < 4.78 is 33.0. The summed E-state index contributed by atoms with van der Waals surface area (Å²) in [4.78, 5) is 2.64. The molecule has 0 N–H and O–H groups in total. The third kappa shape index (κ3) is 4.21. The zero-order valence-corrected chi connectivity index (χ0v) is 17.6. The molecule has 2 fully saturated rings. The second kappa shape index (κ2) is 8.33. The molecule has 2 saturated heterocycles. The highest BCUT2D eigenvalue weighted by molar-refractivity contribution is 7.89. The van der Waals surface area contributed by atoms with Crippen LogP contribution in [0.2, 0.25) is 10.0 Å². The summed E-state index contributed by atoms with van der Waals surface area (Å²) in [5.41, 5.74) is 0.713. The lowest BCUT2D eigenvalue weighted by Gasteiger charge is -2.41. The molecule has 0 spiro atoms. The van der Waals surface area contributed by atoms with E-state index in [2.05, 4.69) is 4.90 Å². The van der Waals surface area contributed by atoms with Gasteiger partial charge in [0, 0.05) is 44.4 Å². The summed E-state index contributed by atoms with van der Waals surface area (Å²) in [6, 6.07) is 3.53. The molecule has 2 aliphatic heterocycles. The van der Waals surface area contributed by atoms with Crippen molar-refractivity contribution < 1.29 is 13.2 Å². The minimum Gasteiger partial charge on any atom is -0.381 e. The summed E-state index contributed by atoms with van der Waals surface area (Å²) in [7, 11) is -1.82. The smallest absolute Gasteiger partial charge is 0.244 e. The number of ether oxygens (including phenoxy) is 1. The van der Waals surface area contributed by atoms with Gasteiger partial charge in [-0.15, -0.1) is 0 Å². The van der Waals surface area contributed by atoms with Crippen molar-refractivity contribution in [3.8, 4) is 0 Å². The quantitative estimate of drug-likeness (QED) is 0.746. The molecule has 146 valence electrons. The lowest BCUT2D eigenvalue weighted by Crippen LogP contribution is -2.49. The highest BCUT2D eigenvalue weighted by Crippen LogP contribution is 2.32. The van der Waals surface area contributed by atoms with Crippen molar-refractivity contribution in [3.63, 3.8) is 0 Å². The number of aryl methyl sites for hydroxylation is 1.